The molecule has 1 aliphatic rings. The highest BCUT2D eigenvalue weighted by molar-refractivity contribution is 5.97. The van der Waals surface area contributed by atoms with Gasteiger partial charge >= 0.3 is 0 Å². The minimum atomic E-state index is -0.0869. The predicted octanol–water partition coefficient (Wildman–Crippen LogP) is 5.23. The number of hydrogen-bond acceptors (Lipinski definition) is 3. The van der Waals surface area contributed by atoms with Gasteiger partial charge in [-0.25, -0.2) is 4.98 Å². The van der Waals surface area contributed by atoms with E-state index >= 15 is 0 Å². The normalized spacial score (nSPS) is 15.7. The highest BCUT2D eigenvalue weighted by Gasteiger charge is 2.35. The lowest BCUT2D eigenvalue weighted by Crippen LogP contribution is -2.34. The van der Waals surface area contributed by atoms with Crippen molar-refractivity contribution in [3.63, 3.8) is 0 Å². The number of hydrogen-bond donors (Lipinski definition) is 0. The maximum Gasteiger partial charge on any atom is 0.246 e. The Bertz CT molecular complexity index is 1390. The number of amides is 2. The van der Waals surface area contributed by atoms with Crippen molar-refractivity contribution in [3.8, 4) is 0 Å². The Morgan fingerprint density at radius 1 is 1.00 bits per heavy atom. The van der Waals surface area contributed by atoms with E-state index in [0.717, 1.165) is 33.8 Å². The van der Waals surface area contributed by atoms with Gasteiger partial charge in [-0.1, -0.05) is 36.4 Å². The van der Waals surface area contributed by atoms with Gasteiger partial charge in [0.1, 0.15) is 12.4 Å². The van der Waals surface area contributed by atoms with Crippen molar-refractivity contribution in [1.29, 1.82) is 0 Å². The van der Waals surface area contributed by atoms with Gasteiger partial charge < -0.3 is 14.4 Å². The summed E-state index contributed by atoms with van der Waals surface area (Å²) in [7, 11) is 0. The van der Waals surface area contributed by atoms with Crippen molar-refractivity contribution in [2.45, 2.75) is 39.7 Å². The van der Waals surface area contributed by atoms with Crippen LogP contribution < -0.4 is 9.80 Å². The molecule has 6 nitrogen and oxygen atoms in total. The van der Waals surface area contributed by atoms with Gasteiger partial charge in [0, 0.05) is 36.8 Å². The fourth-order valence-electron chi connectivity index (χ4n) is 4.93. The summed E-state index contributed by atoms with van der Waals surface area (Å²) in [5.41, 5.74) is 5.92. The van der Waals surface area contributed by atoms with Crippen LogP contribution >= 0.6 is 0 Å². The molecule has 0 N–H and O–H groups in total. The number of rotatable bonds is 6. The summed E-state index contributed by atoms with van der Waals surface area (Å²) < 4.78 is 2.01. The summed E-state index contributed by atoms with van der Waals surface area (Å²) in [6, 6.07) is 23.7. The van der Waals surface area contributed by atoms with Crippen LogP contribution in [0.3, 0.4) is 0 Å². The van der Waals surface area contributed by atoms with E-state index in [2.05, 4.69) is 26.0 Å². The van der Waals surface area contributed by atoms with E-state index in [1.165, 1.54) is 5.56 Å². The van der Waals surface area contributed by atoms with E-state index in [1.807, 2.05) is 77.1 Å². The lowest BCUT2D eigenvalue weighted by atomic mass is 10.1. The van der Waals surface area contributed by atoms with Gasteiger partial charge in [0.2, 0.25) is 11.8 Å². The number of nitrogens with zero attached hydrogens (tertiary/aromatic N) is 4. The second-order valence-corrected chi connectivity index (χ2v) is 9.19. The molecule has 5 rings (SSSR count). The molecule has 0 bridgehead atoms. The molecule has 0 aliphatic carbocycles. The third kappa shape index (κ3) is 4.32. The van der Waals surface area contributed by atoms with Gasteiger partial charge in [0.15, 0.2) is 0 Å². The highest BCUT2D eigenvalue weighted by atomic mass is 16.2. The zero-order valence-corrected chi connectivity index (χ0v) is 20.4. The number of carbonyl (C=O) groups is 2. The molecular formula is C29H30N4O2. The zero-order chi connectivity index (χ0) is 24.5. The maximum atomic E-state index is 13.5. The van der Waals surface area contributed by atoms with Crippen LogP contribution in [0, 0.1) is 13.8 Å². The number of imidazole rings is 1. The van der Waals surface area contributed by atoms with E-state index < -0.39 is 0 Å². The summed E-state index contributed by atoms with van der Waals surface area (Å²) in [4.78, 5) is 35.1. The molecule has 4 aromatic rings. The Morgan fingerprint density at radius 3 is 2.49 bits per heavy atom. The van der Waals surface area contributed by atoms with Crippen LogP contribution in [0.25, 0.3) is 11.0 Å². The van der Waals surface area contributed by atoms with Crippen molar-refractivity contribution < 1.29 is 9.59 Å². The SMILES string of the molecule is CCN(C(=O)Cn1c(C2CC(=O)N(c3ccc(C)c(C)c3)C2)nc2ccccc21)c1ccccc1. The van der Waals surface area contributed by atoms with E-state index in [0.29, 0.717) is 19.5 Å². The largest absolute Gasteiger partial charge is 0.318 e. The van der Waals surface area contributed by atoms with Gasteiger partial charge in [-0.05, 0) is 68.3 Å². The first-order valence-electron chi connectivity index (χ1n) is 12.1. The fourth-order valence-corrected chi connectivity index (χ4v) is 4.93. The van der Waals surface area contributed by atoms with Gasteiger partial charge in [-0.15, -0.1) is 0 Å². The lowest BCUT2D eigenvalue weighted by Gasteiger charge is -2.23. The lowest BCUT2D eigenvalue weighted by molar-refractivity contribution is -0.119. The summed E-state index contributed by atoms with van der Waals surface area (Å²) in [5, 5.41) is 0. The van der Waals surface area contributed by atoms with Gasteiger partial charge in [-0.2, -0.15) is 0 Å². The minimum Gasteiger partial charge on any atom is -0.318 e. The number of anilines is 2. The number of likely N-dealkylation sites (N-methyl/N-ethyl adjacent to an activating group) is 1. The first-order valence-corrected chi connectivity index (χ1v) is 12.1. The fraction of sp³-hybridized carbons (Fsp3) is 0.276. The third-order valence-corrected chi connectivity index (χ3v) is 6.95. The smallest absolute Gasteiger partial charge is 0.246 e. The van der Waals surface area contributed by atoms with Crippen molar-refractivity contribution in [1.82, 2.24) is 9.55 Å². The van der Waals surface area contributed by atoms with E-state index in [1.54, 1.807) is 4.90 Å². The molecule has 3 aromatic carbocycles. The monoisotopic (exact) mass is 466 g/mol. The van der Waals surface area contributed by atoms with E-state index in [4.69, 9.17) is 4.98 Å². The molecule has 178 valence electrons. The second-order valence-electron chi connectivity index (χ2n) is 9.19. The van der Waals surface area contributed by atoms with Crippen molar-refractivity contribution in [2.75, 3.05) is 22.9 Å². The molecule has 0 radical (unpaired) electrons. The quantitative estimate of drug-likeness (QED) is 0.391. The molecule has 1 fully saturated rings. The van der Waals surface area contributed by atoms with Crippen LogP contribution in [0.15, 0.2) is 72.8 Å². The average molecular weight is 467 g/mol. The van der Waals surface area contributed by atoms with Gasteiger partial charge in [0.05, 0.1) is 11.0 Å². The third-order valence-electron chi connectivity index (χ3n) is 6.95. The van der Waals surface area contributed by atoms with Gasteiger partial charge in [0.25, 0.3) is 0 Å². The molecular weight excluding hydrogens is 436 g/mol. The standard InChI is InChI=1S/C29H30N4O2/c1-4-31(23-10-6-5-7-11-23)28(35)19-33-26-13-9-8-12-25(26)30-29(33)22-17-27(34)32(18-22)24-15-14-20(2)21(3)16-24/h5-16,22H,4,17-19H2,1-3H3. The summed E-state index contributed by atoms with van der Waals surface area (Å²) in [5.74, 6) is 0.792. The van der Waals surface area contributed by atoms with Crippen molar-refractivity contribution in [3.05, 3.63) is 89.7 Å². The average Bonchev–Trinajstić information content (AvgIpc) is 3.42. The number of aromatic nitrogens is 2. The van der Waals surface area contributed by atoms with E-state index in [-0.39, 0.29) is 24.3 Å². The Balaban J connectivity index is 1.48. The summed E-state index contributed by atoms with van der Waals surface area (Å²) >= 11 is 0. The van der Waals surface area contributed by atoms with Gasteiger partial charge in [-0.3, -0.25) is 9.59 Å². The van der Waals surface area contributed by atoms with Crippen LogP contribution in [0.4, 0.5) is 11.4 Å². The Labute approximate surface area is 205 Å². The summed E-state index contributed by atoms with van der Waals surface area (Å²) in [6.07, 6.45) is 0.376. The van der Waals surface area contributed by atoms with Crippen LogP contribution in [-0.2, 0) is 16.1 Å². The molecule has 35 heavy (non-hydrogen) atoms. The Kier molecular flexibility index (Phi) is 6.12. The Hall–Kier alpha value is -3.93. The van der Waals surface area contributed by atoms with Crippen LogP contribution in [-0.4, -0.2) is 34.5 Å². The summed E-state index contributed by atoms with van der Waals surface area (Å²) in [6.45, 7) is 7.42. The second kappa shape index (κ2) is 9.37. The number of carbonyl (C=O) groups excluding carboxylic acids is 2. The molecule has 0 spiro atoms. The molecule has 1 aromatic heterocycles. The number of benzene rings is 3. The number of aryl methyl sites for hydroxylation is 2. The maximum absolute atomic E-state index is 13.5. The zero-order valence-electron chi connectivity index (χ0n) is 20.4. The van der Waals surface area contributed by atoms with Crippen LogP contribution in [0.5, 0.6) is 0 Å². The topological polar surface area (TPSA) is 58.4 Å². The van der Waals surface area contributed by atoms with Crippen molar-refractivity contribution >= 4 is 34.2 Å². The molecule has 1 unspecified atom stereocenters. The molecule has 0 saturated carbocycles. The number of para-hydroxylation sites is 3. The highest BCUT2D eigenvalue weighted by Crippen LogP contribution is 2.34. The molecule has 1 saturated heterocycles. The number of fused-ring (bicyclic) bond motifs is 1. The molecule has 2 heterocycles. The van der Waals surface area contributed by atoms with Crippen LogP contribution in [0.1, 0.15) is 36.2 Å². The first kappa shape index (κ1) is 22.8. The van der Waals surface area contributed by atoms with Crippen LogP contribution in [0.2, 0.25) is 0 Å². The predicted molar refractivity (Wildman–Crippen MR) is 140 cm³/mol. The molecule has 6 heteroatoms. The molecule has 1 aliphatic heterocycles. The molecule has 1 atom stereocenters. The van der Waals surface area contributed by atoms with E-state index in [9.17, 15) is 9.59 Å². The Morgan fingerprint density at radius 2 is 1.74 bits per heavy atom. The minimum absolute atomic E-state index is 0.00144. The van der Waals surface area contributed by atoms with Crippen molar-refractivity contribution in [2.24, 2.45) is 0 Å². The first-order chi connectivity index (χ1) is 17.0. The molecule has 2 amide bonds.